The molecule has 0 amide bonds. The number of carbonyl (C=O) groups is 3. The summed E-state index contributed by atoms with van der Waals surface area (Å²) in [5.41, 5.74) is 2.20. The topological polar surface area (TPSA) is 81.7 Å². The summed E-state index contributed by atoms with van der Waals surface area (Å²) in [6.45, 7) is 4.89. The predicted octanol–water partition coefficient (Wildman–Crippen LogP) is 3.36. The van der Waals surface area contributed by atoms with Gasteiger partial charge in [0.25, 0.3) is 5.79 Å². The van der Waals surface area contributed by atoms with Gasteiger partial charge in [-0.1, -0.05) is 42.0 Å². The monoisotopic (exact) mass is 365 g/mol. The Morgan fingerprint density at radius 1 is 0.963 bits per heavy atom. The van der Waals surface area contributed by atoms with Gasteiger partial charge in [0.05, 0.1) is 0 Å². The molecular formula is C21H19NO5. The van der Waals surface area contributed by atoms with Crippen LogP contribution in [-0.2, 0) is 19.1 Å². The van der Waals surface area contributed by atoms with Crippen molar-refractivity contribution in [1.82, 2.24) is 0 Å². The van der Waals surface area contributed by atoms with Crippen molar-refractivity contribution in [3.8, 4) is 0 Å². The fraction of sp³-hybridized carbons (Fsp3) is 0.190. The normalized spacial score (nSPS) is 15.6. The Kier molecular flexibility index (Phi) is 4.81. The lowest BCUT2D eigenvalue weighted by Gasteiger charge is -2.29. The molecule has 0 aromatic heterocycles. The van der Waals surface area contributed by atoms with E-state index in [2.05, 4.69) is 5.32 Å². The number of ether oxygens (including phenoxy) is 2. The molecule has 6 heteroatoms. The SMILES string of the molecule is Cc1ccc(C(=O)c2ccccc2NC=C2C(=O)OC(C)(C)OC2=O)cc1. The first-order valence-corrected chi connectivity index (χ1v) is 8.40. The highest BCUT2D eigenvalue weighted by Gasteiger charge is 2.39. The van der Waals surface area contributed by atoms with Crippen LogP contribution in [-0.4, -0.2) is 23.5 Å². The van der Waals surface area contributed by atoms with E-state index in [1.54, 1.807) is 36.4 Å². The van der Waals surface area contributed by atoms with Crippen molar-refractivity contribution in [3.05, 3.63) is 77.0 Å². The van der Waals surface area contributed by atoms with Crippen molar-refractivity contribution >= 4 is 23.4 Å². The van der Waals surface area contributed by atoms with E-state index in [0.717, 1.165) is 5.56 Å². The van der Waals surface area contributed by atoms with Crippen LogP contribution >= 0.6 is 0 Å². The van der Waals surface area contributed by atoms with Gasteiger partial charge in [-0.15, -0.1) is 0 Å². The molecule has 1 aliphatic rings. The molecule has 138 valence electrons. The summed E-state index contributed by atoms with van der Waals surface area (Å²) in [5.74, 6) is -3.05. The molecule has 1 saturated heterocycles. The number of benzene rings is 2. The minimum absolute atomic E-state index is 0.175. The summed E-state index contributed by atoms with van der Waals surface area (Å²) >= 11 is 0. The molecule has 6 nitrogen and oxygen atoms in total. The summed E-state index contributed by atoms with van der Waals surface area (Å²) < 4.78 is 10.1. The van der Waals surface area contributed by atoms with Gasteiger partial charge >= 0.3 is 11.9 Å². The molecule has 2 aromatic rings. The van der Waals surface area contributed by atoms with Gasteiger partial charge in [0.1, 0.15) is 0 Å². The van der Waals surface area contributed by atoms with E-state index in [1.807, 2.05) is 19.1 Å². The Hall–Kier alpha value is -3.41. The number of aryl methyl sites for hydroxylation is 1. The van der Waals surface area contributed by atoms with Crippen molar-refractivity contribution in [1.29, 1.82) is 0 Å². The molecule has 0 unspecified atom stereocenters. The van der Waals surface area contributed by atoms with E-state index in [0.29, 0.717) is 16.8 Å². The molecule has 1 N–H and O–H groups in total. The highest BCUT2D eigenvalue weighted by atomic mass is 16.7. The zero-order valence-corrected chi connectivity index (χ0v) is 15.2. The average molecular weight is 365 g/mol. The van der Waals surface area contributed by atoms with Gasteiger partial charge in [-0.05, 0) is 19.1 Å². The predicted molar refractivity (Wildman–Crippen MR) is 99.0 cm³/mol. The van der Waals surface area contributed by atoms with Crippen LogP contribution in [0.3, 0.4) is 0 Å². The molecule has 27 heavy (non-hydrogen) atoms. The minimum Gasteiger partial charge on any atom is -0.419 e. The number of rotatable bonds is 4. The number of anilines is 1. The average Bonchev–Trinajstić information content (AvgIpc) is 2.60. The second kappa shape index (κ2) is 7.07. The lowest BCUT2D eigenvalue weighted by molar-refractivity contribution is -0.222. The fourth-order valence-electron chi connectivity index (χ4n) is 2.60. The third-order valence-electron chi connectivity index (χ3n) is 3.97. The van der Waals surface area contributed by atoms with Gasteiger partial charge in [0.15, 0.2) is 11.4 Å². The lowest BCUT2D eigenvalue weighted by atomic mass is 10.0. The number of hydrogen-bond acceptors (Lipinski definition) is 6. The maximum absolute atomic E-state index is 12.8. The molecule has 1 aliphatic heterocycles. The van der Waals surface area contributed by atoms with E-state index >= 15 is 0 Å². The number of ketones is 1. The number of nitrogens with one attached hydrogen (secondary N) is 1. The highest BCUT2D eigenvalue weighted by molar-refractivity contribution is 6.16. The van der Waals surface area contributed by atoms with Crippen LogP contribution in [0.1, 0.15) is 35.3 Å². The standard InChI is InChI=1S/C21H19NO5/c1-13-8-10-14(11-9-13)18(23)15-6-4-5-7-17(15)22-12-16-19(24)26-21(2,3)27-20(16)25/h4-12,22H,1-3H3. The van der Waals surface area contributed by atoms with Gasteiger partial charge in [0.2, 0.25) is 0 Å². The van der Waals surface area contributed by atoms with Crippen LogP contribution in [0.25, 0.3) is 0 Å². The molecule has 0 atom stereocenters. The zero-order valence-electron chi connectivity index (χ0n) is 15.2. The second-order valence-electron chi connectivity index (χ2n) is 6.62. The number of cyclic esters (lactones) is 2. The summed E-state index contributed by atoms with van der Waals surface area (Å²) in [4.78, 5) is 36.8. The number of esters is 2. The third-order valence-corrected chi connectivity index (χ3v) is 3.97. The smallest absolute Gasteiger partial charge is 0.350 e. The van der Waals surface area contributed by atoms with Crippen molar-refractivity contribution < 1.29 is 23.9 Å². The van der Waals surface area contributed by atoms with Crippen LogP contribution < -0.4 is 5.32 Å². The van der Waals surface area contributed by atoms with Crippen LogP contribution in [0.5, 0.6) is 0 Å². The van der Waals surface area contributed by atoms with Gasteiger partial charge in [-0.3, -0.25) is 4.79 Å². The number of para-hydroxylation sites is 1. The number of hydrogen-bond donors (Lipinski definition) is 1. The van der Waals surface area contributed by atoms with Crippen LogP contribution in [0.2, 0.25) is 0 Å². The molecule has 0 radical (unpaired) electrons. The lowest BCUT2D eigenvalue weighted by Crippen LogP contribution is -2.42. The summed E-state index contributed by atoms with van der Waals surface area (Å²) in [5, 5.41) is 2.85. The molecule has 1 fully saturated rings. The molecular weight excluding hydrogens is 346 g/mol. The maximum atomic E-state index is 12.8. The fourth-order valence-corrected chi connectivity index (χ4v) is 2.60. The molecule has 2 aromatic carbocycles. The first kappa shape index (κ1) is 18.4. The van der Waals surface area contributed by atoms with E-state index in [4.69, 9.17) is 9.47 Å². The van der Waals surface area contributed by atoms with Crippen molar-refractivity contribution in [2.24, 2.45) is 0 Å². The Bertz CT molecular complexity index is 919. The Morgan fingerprint density at radius 3 is 2.19 bits per heavy atom. The van der Waals surface area contributed by atoms with Crippen LogP contribution in [0.4, 0.5) is 5.69 Å². The quantitative estimate of drug-likeness (QED) is 0.387. The first-order valence-electron chi connectivity index (χ1n) is 8.40. The Morgan fingerprint density at radius 2 is 1.56 bits per heavy atom. The van der Waals surface area contributed by atoms with E-state index < -0.39 is 17.7 Å². The highest BCUT2D eigenvalue weighted by Crippen LogP contribution is 2.24. The van der Waals surface area contributed by atoms with E-state index in [1.165, 1.54) is 20.0 Å². The van der Waals surface area contributed by atoms with Crippen molar-refractivity contribution in [3.63, 3.8) is 0 Å². The zero-order chi connectivity index (χ0) is 19.6. The summed E-state index contributed by atoms with van der Waals surface area (Å²) in [7, 11) is 0. The van der Waals surface area contributed by atoms with Crippen molar-refractivity contribution in [2.45, 2.75) is 26.6 Å². The summed E-state index contributed by atoms with van der Waals surface area (Å²) in [6.07, 6.45) is 1.20. The van der Waals surface area contributed by atoms with Gasteiger partial charge in [0, 0.05) is 36.9 Å². The molecule has 0 aliphatic carbocycles. The molecule has 0 spiro atoms. The second-order valence-corrected chi connectivity index (χ2v) is 6.62. The first-order chi connectivity index (χ1) is 12.8. The van der Waals surface area contributed by atoms with Gasteiger partial charge in [-0.2, -0.15) is 0 Å². The van der Waals surface area contributed by atoms with Crippen LogP contribution in [0.15, 0.2) is 60.3 Å². The maximum Gasteiger partial charge on any atom is 0.350 e. The molecule has 3 rings (SSSR count). The third kappa shape index (κ3) is 4.06. The Balaban J connectivity index is 1.87. The largest absolute Gasteiger partial charge is 0.419 e. The molecule has 0 bridgehead atoms. The molecule has 0 saturated carbocycles. The number of carbonyl (C=O) groups excluding carboxylic acids is 3. The summed E-state index contributed by atoms with van der Waals surface area (Å²) in [6, 6.07) is 14.1. The van der Waals surface area contributed by atoms with Crippen molar-refractivity contribution in [2.75, 3.05) is 5.32 Å². The van der Waals surface area contributed by atoms with Gasteiger partial charge in [-0.25, -0.2) is 9.59 Å². The van der Waals surface area contributed by atoms with Gasteiger partial charge < -0.3 is 14.8 Å². The molecule has 1 heterocycles. The minimum atomic E-state index is -1.30. The van der Waals surface area contributed by atoms with E-state index in [9.17, 15) is 14.4 Å². The Labute approximate surface area is 156 Å². The van der Waals surface area contributed by atoms with E-state index in [-0.39, 0.29) is 11.4 Å². The van der Waals surface area contributed by atoms with Crippen LogP contribution in [0, 0.1) is 6.92 Å².